The Morgan fingerprint density at radius 2 is 2.22 bits per heavy atom. The van der Waals surface area contributed by atoms with Crippen LogP contribution in [0.2, 0.25) is 0 Å². The molecule has 0 aliphatic heterocycles. The molecule has 0 saturated heterocycles. The second kappa shape index (κ2) is 4.86. The molecular weight excluding hydrogens is 308 g/mol. The Morgan fingerprint density at radius 3 is 3.00 bits per heavy atom. The summed E-state index contributed by atoms with van der Waals surface area (Å²) in [5.74, 6) is 0. The van der Waals surface area contributed by atoms with Crippen LogP contribution in [0.3, 0.4) is 0 Å². The van der Waals surface area contributed by atoms with Gasteiger partial charge in [-0.05, 0) is 30.7 Å². The number of hydrogen-bond acceptors (Lipinski definition) is 2. The van der Waals surface area contributed by atoms with E-state index < -0.39 is 0 Å². The molecule has 2 nitrogen and oxygen atoms in total. The number of nitrogens with zero attached hydrogens (tertiary/aromatic N) is 2. The molecule has 0 radical (unpaired) electrons. The Labute approximate surface area is 118 Å². The lowest BCUT2D eigenvalue weighted by molar-refractivity contribution is 0.808. The smallest absolute Gasteiger partial charge is 0.0926 e. The van der Waals surface area contributed by atoms with E-state index in [-0.39, 0.29) is 0 Å². The molecule has 2 heterocycles. The third-order valence-corrected chi connectivity index (χ3v) is 4.50. The number of aryl methyl sites for hydroxylation is 1. The second-order valence-corrected chi connectivity index (χ2v) is 6.09. The topological polar surface area (TPSA) is 17.8 Å². The van der Waals surface area contributed by atoms with E-state index in [4.69, 9.17) is 0 Å². The van der Waals surface area contributed by atoms with E-state index in [0.29, 0.717) is 0 Å². The molecule has 0 spiro atoms. The van der Waals surface area contributed by atoms with Crippen molar-refractivity contribution < 1.29 is 0 Å². The van der Waals surface area contributed by atoms with Gasteiger partial charge in [0.1, 0.15) is 0 Å². The van der Waals surface area contributed by atoms with Gasteiger partial charge in [-0.1, -0.05) is 22.9 Å². The Balaban J connectivity index is 1.95. The fraction of sp³-hybridized carbons (Fsp3) is 0.214. The van der Waals surface area contributed by atoms with Gasteiger partial charge in [-0.25, -0.2) is 4.98 Å². The third kappa shape index (κ3) is 2.22. The van der Waals surface area contributed by atoms with Crippen LogP contribution in [-0.4, -0.2) is 9.55 Å². The molecule has 0 unspecified atom stereocenters. The van der Waals surface area contributed by atoms with Crippen LogP contribution in [0.1, 0.15) is 17.6 Å². The predicted molar refractivity (Wildman–Crippen MR) is 80.2 cm³/mol. The first-order valence-corrected chi connectivity index (χ1v) is 7.61. The van der Waals surface area contributed by atoms with Gasteiger partial charge in [-0.2, -0.15) is 0 Å². The molecular formula is C14H13BrN2S. The van der Waals surface area contributed by atoms with Gasteiger partial charge < -0.3 is 4.57 Å². The number of thiazole rings is 1. The van der Waals surface area contributed by atoms with Gasteiger partial charge in [0.2, 0.25) is 0 Å². The molecule has 2 aromatic heterocycles. The van der Waals surface area contributed by atoms with Crippen LogP contribution in [-0.2, 0) is 13.0 Å². The van der Waals surface area contributed by atoms with Crippen molar-refractivity contribution in [3.63, 3.8) is 0 Å². The molecule has 0 fully saturated rings. The van der Waals surface area contributed by atoms with Crippen LogP contribution in [0.25, 0.3) is 10.9 Å². The van der Waals surface area contributed by atoms with Crippen molar-refractivity contribution in [2.75, 3.05) is 0 Å². The van der Waals surface area contributed by atoms with Crippen molar-refractivity contribution in [1.29, 1.82) is 0 Å². The minimum absolute atomic E-state index is 0.849. The van der Waals surface area contributed by atoms with Crippen molar-refractivity contribution in [2.45, 2.75) is 19.9 Å². The molecule has 3 rings (SSSR count). The highest BCUT2D eigenvalue weighted by molar-refractivity contribution is 9.10. The number of benzene rings is 1. The van der Waals surface area contributed by atoms with Crippen LogP contribution in [0, 0.1) is 0 Å². The monoisotopic (exact) mass is 320 g/mol. The molecule has 0 aliphatic rings. The highest BCUT2D eigenvalue weighted by Crippen LogP contribution is 2.22. The summed E-state index contributed by atoms with van der Waals surface area (Å²) in [5, 5.41) is 4.63. The lowest BCUT2D eigenvalue weighted by Crippen LogP contribution is -1.98. The summed E-state index contributed by atoms with van der Waals surface area (Å²) in [6.07, 6.45) is 3.14. The third-order valence-electron chi connectivity index (χ3n) is 2.97. The Kier molecular flexibility index (Phi) is 3.22. The maximum Gasteiger partial charge on any atom is 0.0926 e. The van der Waals surface area contributed by atoms with Crippen LogP contribution in [0.5, 0.6) is 0 Å². The first-order valence-electron chi connectivity index (χ1n) is 5.94. The maximum atomic E-state index is 4.62. The lowest BCUT2D eigenvalue weighted by atomic mass is 10.2. The van der Waals surface area contributed by atoms with Crippen LogP contribution >= 0.6 is 27.3 Å². The molecule has 3 aromatic rings. The number of halogens is 1. The van der Waals surface area contributed by atoms with Gasteiger partial charge in [0.05, 0.1) is 17.2 Å². The first-order chi connectivity index (χ1) is 8.76. The predicted octanol–water partition coefficient (Wildman–Crippen LogP) is 4.47. The minimum Gasteiger partial charge on any atom is -0.341 e. The molecule has 92 valence electrons. The molecule has 0 bridgehead atoms. The zero-order valence-corrected chi connectivity index (χ0v) is 12.5. The molecule has 0 amide bonds. The van der Waals surface area contributed by atoms with E-state index in [9.17, 15) is 0 Å². The van der Waals surface area contributed by atoms with Crippen LogP contribution in [0.15, 0.2) is 40.3 Å². The number of fused-ring (bicyclic) bond motifs is 1. The molecule has 0 saturated carbocycles. The summed E-state index contributed by atoms with van der Waals surface area (Å²) in [7, 11) is 0. The first kappa shape index (κ1) is 11.9. The molecule has 18 heavy (non-hydrogen) atoms. The van der Waals surface area contributed by atoms with E-state index in [1.807, 2.05) is 0 Å². The van der Waals surface area contributed by atoms with E-state index in [1.165, 1.54) is 15.9 Å². The Bertz CT molecular complexity index is 684. The average Bonchev–Trinajstić information content (AvgIpc) is 2.97. The van der Waals surface area contributed by atoms with Gasteiger partial charge in [-0.15, -0.1) is 11.3 Å². The van der Waals surface area contributed by atoms with Crippen molar-refractivity contribution in [2.24, 2.45) is 0 Å². The lowest BCUT2D eigenvalue weighted by Gasteiger charge is -2.03. The maximum absolute atomic E-state index is 4.62. The SMILES string of the molecule is CCc1nc(Cn2ccc3cc(Br)ccc32)cs1. The van der Waals surface area contributed by atoms with Crippen LogP contribution in [0.4, 0.5) is 0 Å². The standard InChI is InChI=1S/C14H13BrN2S/c1-2-14-16-12(9-18-14)8-17-6-5-10-7-11(15)3-4-13(10)17/h3-7,9H,2,8H2,1H3. The molecule has 4 heteroatoms. The molecule has 0 N–H and O–H groups in total. The zero-order chi connectivity index (χ0) is 12.5. The Morgan fingerprint density at radius 1 is 1.33 bits per heavy atom. The summed E-state index contributed by atoms with van der Waals surface area (Å²) >= 11 is 5.25. The van der Waals surface area contributed by atoms with E-state index in [1.54, 1.807) is 11.3 Å². The average molecular weight is 321 g/mol. The largest absolute Gasteiger partial charge is 0.341 e. The summed E-state index contributed by atoms with van der Waals surface area (Å²) in [6.45, 7) is 2.99. The van der Waals surface area contributed by atoms with Crippen LogP contribution < -0.4 is 0 Å². The summed E-state index contributed by atoms with van der Waals surface area (Å²) in [4.78, 5) is 4.62. The number of rotatable bonds is 3. The van der Waals surface area contributed by atoms with Crippen molar-refractivity contribution in [3.8, 4) is 0 Å². The van der Waals surface area contributed by atoms with Crippen molar-refractivity contribution >= 4 is 38.2 Å². The molecule has 0 aliphatic carbocycles. The molecule has 1 aromatic carbocycles. The van der Waals surface area contributed by atoms with Crippen molar-refractivity contribution in [3.05, 3.63) is 51.0 Å². The fourth-order valence-electron chi connectivity index (χ4n) is 2.07. The summed E-state index contributed by atoms with van der Waals surface area (Å²) in [6, 6.07) is 8.52. The summed E-state index contributed by atoms with van der Waals surface area (Å²) < 4.78 is 3.37. The Hall–Kier alpha value is -1.13. The van der Waals surface area contributed by atoms with Crippen molar-refractivity contribution in [1.82, 2.24) is 9.55 Å². The van der Waals surface area contributed by atoms with E-state index in [2.05, 4.69) is 68.2 Å². The highest BCUT2D eigenvalue weighted by atomic mass is 79.9. The number of hydrogen-bond donors (Lipinski definition) is 0. The normalized spacial score (nSPS) is 11.2. The molecule has 0 atom stereocenters. The highest BCUT2D eigenvalue weighted by Gasteiger charge is 2.05. The van der Waals surface area contributed by atoms with Gasteiger partial charge in [0, 0.05) is 27.0 Å². The fourth-order valence-corrected chi connectivity index (χ4v) is 3.18. The van der Waals surface area contributed by atoms with Gasteiger partial charge in [0.15, 0.2) is 0 Å². The minimum atomic E-state index is 0.849. The van der Waals surface area contributed by atoms with Gasteiger partial charge in [0.25, 0.3) is 0 Å². The second-order valence-electron chi connectivity index (χ2n) is 4.23. The summed E-state index contributed by atoms with van der Waals surface area (Å²) in [5.41, 5.74) is 2.40. The quantitative estimate of drug-likeness (QED) is 0.696. The van der Waals surface area contributed by atoms with E-state index in [0.717, 1.165) is 23.1 Å². The number of aromatic nitrogens is 2. The van der Waals surface area contributed by atoms with Gasteiger partial charge in [-0.3, -0.25) is 0 Å². The van der Waals surface area contributed by atoms with E-state index >= 15 is 0 Å². The van der Waals surface area contributed by atoms with Gasteiger partial charge >= 0.3 is 0 Å². The zero-order valence-electron chi connectivity index (χ0n) is 10.1.